The lowest BCUT2D eigenvalue weighted by Gasteiger charge is -2.40. The highest BCUT2D eigenvalue weighted by atomic mass is 127. The van der Waals surface area contributed by atoms with E-state index in [1.807, 2.05) is 32.9 Å². The second kappa shape index (κ2) is 9.79. The van der Waals surface area contributed by atoms with E-state index >= 15 is 0 Å². The fraction of sp³-hybridized carbons (Fsp3) is 0.588. The molecule has 1 aromatic heterocycles. The highest BCUT2D eigenvalue weighted by Crippen LogP contribution is 2.15. The van der Waals surface area contributed by atoms with Gasteiger partial charge >= 0.3 is 6.09 Å². The Morgan fingerprint density at radius 3 is 2.69 bits per heavy atom. The summed E-state index contributed by atoms with van der Waals surface area (Å²) in [5.74, 6) is 1.26. The van der Waals surface area contributed by atoms with Crippen molar-refractivity contribution >= 4 is 36.0 Å². The molecule has 0 unspecified atom stereocenters. The van der Waals surface area contributed by atoms with Crippen LogP contribution in [-0.4, -0.2) is 60.8 Å². The minimum Gasteiger partial charge on any atom is -0.481 e. The summed E-state index contributed by atoms with van der Waals surface area (Å²) in [5, 5.41) is 6.53. The molecule has 26 heavy (non-hydrogen) atoms. The average molecular weight is 477 g/mol. The number of amides is 1. The number of hydrogen-bond acceptors (Lipinski definition) is 5. The van der Waals surface area contributed by atoms with Crippen molar-refractivity contribution in [3.05, 3.63) is 23.9 Å². The molecule has 2 rings (SSSR count). The van der Waals surface area contributed by atoms with Gasteiger partial charge in [0.2, 0.25) is 5.88 Å². The Kier molecular flexibility index (Phi) is 8.38. The first-order valence-corrected chi connectivity index (χ1v) is 8.25. The zero-order chi connectivity index (χ0) is 18.4. The Bertz CT molecular complexity index is 627. The van der Waals surface area contributed by atoms with E-state index in [1.54, 1.807) is 25.3 Å². The molecule has 0 aliphatic carbocycles. The lowest BCUT2D eigenvalue weighted by molar-refractivity contribution is 0.00701. The van der Waals surface area contributed by atoms with E-state index in [2.05, 4.69) is 20.6 Å². The predicted molar refractivity (Wildman–Crippen MR) is 111 cm³/mol. The number of aromatic nitrogens is 1. The van der Waals surface area contributed by atoms with Crippen molar-refractivity contribution in [2.24, 2.45) is 4.99 Å². The van der Waals surface area contributed by atoms with Gasteiger partial charge in [-0.2, -0.15) is 0 Å². The highest BCUT2D eigenvalue weighted by Gasteiger charge is 2.34. The number of hydrogen-bond donors (Lipinski definition) is 2. The summed E-state index contributed by atoms with van der Waals surface area (Å²) in [6.07, 6.45) is 1.42. The SMILES string of the molecule is CN=C(NCc1ccnc(OC)c1)NC1CN(C(=O)OC(C)(C)C)C1.I. The van der Waals surface area contributed by atoms with Gasteiger partial charge in [-0.1, -0.05) is 0 Å². The molecular weight excluding hydrogens is 449 g/mol. The monoisotopic (exact) mass is 477 g/mol. The molecule has 0 radical (unpaired) electrons. The quantitative estimate of drug-likeness (QED) is 0.392. The van der Waals surface area contributed by atoms with Crippen molar-refractivity contribution in [2.75, 3.05) is 27.2 Å². The Hall–Kier alpha value is -1.78. The number of guanidine groups is 1. The van der Waals surface area contributed by atoms with E-state index in [9.17, 15) is 4.79 Å². The molecule has 2 heterocycles. The van der Waals surface area contributed by atoms with Gasteiger partial charge in [-0.05, 0) is 32.4 Å². The maximum Gasteiger partial charge on any atom is 0.410 e. The van der Waals surface area contributed by atoms with Crippen LogP contribution in [0, 0.1) is 0 Å². The maximum absolute atomic E-state index is 11.9. The molecule has 1 fully saturated rings. The van der Waals surface area contributed by atoms with Gasteiger partial charge < -0.3 is 25.0 Å². The third-order valence-corrected chi connectivity index (χ3v) is 3.57. The zero-order valence-corrected chi connectivity index (χ0v) is 18.2. The molecule has 0 spiro atoms. The number of halogens is 1. The lowest BCUT2D eigenvalue weighted by atomic mass is 10.1. The normalized spacial score (nSPS) is 14.8. The first kappa shape index (κ1) is 22.3. The number of ether oxygens (including phenoxy) is 2. The number of likely N-dealkylation sites (tertiary alicyclic amines) is 1. The van der Waals surface area contributed by atoms with Gasteiger partial charge in [0.05, 0.1) is 13.2 Å². The van der Waals surface area contributed by atoms with Crippen LogP contribution in [0.4, 0.5) is 4.79 Å². The topological polar surface area (TPSA) is 88.1 Å². The molecule has 1 amide bonds. The van der Waals surface area contributed by atoms with E-state index in [1.165, 1.54) is 0 Å². The molecule has 0 saturated carbocycles. The number of carbonyl (C=O) groups is 1. The summed E-state index contributed by atoms with van der Waals surface area (Å²) >= 11 is 0. The summed E-state index contributed by atoms with van der Waals surface area (Å²) in [6.45, 7) is 7.37. The molecular formula is C17H28IN5O3. The van der Waals surface area contributed by atoms with Crippen LogP contribution in [0.2, 0.25) is 0 Å². The van der Waals surface area contributed by atoms with Crippen LogP contribution < -0.4 is 15.4 Å². The standard InChI is InChI=1S/C17H27N5O3.HI/c1-17(2,3)25-16(23)22-10-13(11-22)21-15(18-4)20-9-12-6-7-19-14(8-12)24-5;/h6-8,13H,9-11H2,1-5H3,(H2,18,20,21);1H. The minimum atomic E-state index is -0.473. The van der Waals surface area contributed by atoms with Gasteiger partial charge in [0.25, 0.3) is 0 Å². The van der Waals surface area contributed by atoms with Crippen LogP contribution in [0.3, 0.4) is 0 Å². The Morgan fingerprint density at radius 2 is 2.12 bits per heavy atom. The molecule has 0 bridgehead atoms. The van der Waals surface area contributed by atoms with E-state index in [0.717, 1.165) is 5.56 Å². The molecule has 0 aromatic carbocycles. The number of aliphatic imine (C=N–C) groups is 1. The molecule has 1 aromatic rings. The molecule has 1 aliphatic rings. The van der Waals surface area contributed by atoms with E-state index < -0.39 is 5.60 Å². The molecule has 2 N–H and O–H groups in total. The van der Waals surface area contributed by atoms with Crippen LogP contribution in [0.1, 0.15) is 26.3 Å². The molecule has 1 aliphatic heterocycles. The van der Waals surface area contributed by atoms with Crippen LogP contribution in [0.15, 0.2) is 23.3 Å². The average Bonchev–Trinajstić information content (AvgIpc) is 2.51. The number of carbonyl (C=O) groups excluding carboxylic acids is 1. The second-order valence-electron chi connectivity index (χ2n) is 6.86. The number of rotatable bonds is 4. The van der Waals surface area contributed by atoms with E-state index in [4.69, 9.17) is 9.47 Å². The van der Waals surface area contributed by atoms with Gasteiger partial charge in [-0.15, -0.1) is 24.0 Å². The third-order valence-electron chi connectivity index (χ3n) is 3.57. The summed E-state index contributed by atoms with van der Waals surface area (Å²) in [4.78, 5) is 21.9. The van der Waals surface area contributed by atoms with Crippen molar-refractivity contribution in [1.29, 1.82) is 0 Å². The van der Waals surface area contributed by atoms with Crippen LogP contribution in [0.25, 0.3) is 0 Å². The lowest BCUT2D eigenvalue weighted by Crippen LogP contribution is -2.63. The molecule has 146 valence electrons. The summed E-state index contributed by atoms with van der Waals surface area (Å²) in [6, 6.07) is 3.94. The molecule has 0 atom stereocenters. The number of nitrogens with one attached hydrogen (secondary N) is 2. The molecule has 8 nitrogen and oxygen atoms in total. The van der Waals surface area contributed by atoms with Crippen molar-refractivity contribution < 1.29 is 14.3 Å². The van der Waals surface area contributed by atoms with Crippen LogP contribution in [-0.2, 0) is 11.3 Å². The van der Waals surface area contributed by atoms with Crippen molar-refractivity contribution in [1.82, 2.24) is 20.5 Å². The van der Waals surface area contributed by atoms with Gasteiger partial charge in [0.1, 0.15) is 5.60 Å². The van der Waals surface area contributed by atoms with Gasteiger partial charge in [0, 0.05) is 38.9 Å². The van der Waals surface area contributed by atoms with Gasteiger partial charge in [-0.25, -0.2) is 9.78 Å². The first-order chi connectivity index (χ1) is 11.8. The fourth-order valence-corrected chi connectivity index (χ4v) is 2.29. The van der Waals surface area contributed by atoms with Crippen molar-refractivity contribution in [2.45, 2.75) is 39.0 Å². The smallest absolute Gasteiger partial charge is 0.410 e. The number of pyridine rings is 1. The Labute approximate surface area is 171 Å². The Morgan fingerprint density at radius 1 is 1.42 bits per heavy atom. The fourth-order valence-electron chi connectivity index (χ4n) is 2.29. The largest absolute Gasteiger partial charge is 0.481 e. The molecule has 1 saturated heterocycles. The number of methoxy groups -OCH3 is 1. The van der Waals surface area contributed by atoms with E-state index in [-0.39, 0.29) is 36.1 Å². The van der Waals surface area contributed by atoms with Crippen molar-refractivity contribution in [3.63, 3.8) is 0 Å². The van der Waals surface area contributed by atoms with Gasteiger partial charge in [0.15, 0.2) is 5.96 Å². The predicted octanol–water partition coefficient (Wildman–Crippen LogP) is 1.99. The summed E-state index contributed by atoms with van der Waals surface area (Å²) in [7, 11) is 3.31. The molecule has 9 heteroatoms. The van der Waals surface area contributed by atoms with Crippen molar-refractivity contribution in [3.8, 4) is 5.88 Å². The summed E-state index contributed by atoms with van der Waals surface area (Å²) < 4.78 is 10.5. The zero-order valence-electron chi connectivity index (χ0n) is 15.9. The highest BCUT2D eigenvalue weighted by molar-refractivity contribution is 14.0. The maximum atomic E-state index is 11.9. The number of nitrogens with zero attached hydrogens (tertiary/aromatic N) is 3. The van der Waals surface area contributed by atoms with E-state index in [0.29, 0.717) is 31.5 Å². The third kappa shape index (κ3) is 6.85. The van der Waals surface area contributed by atoms with Gasteiger partial charge in [-0.3, -0.25) is 4.99 Å². The summed E-state index contributed by atoms with van der Waals surface area (Å²) in [5.41, 5.74) is 0.567. The minimum absolute atomic E-state index is 0. The van der Waals surface area contributed by atoms with Crippen LogP contribution in [0.5, 0.6) is 5.88 Å². The second-order valence-corrected chi connectivity index (χ2v) is 6.86. The first-order valence-electron chi connectivity index (χ1n) is 8.25. The Balaban J connectivity index is 0.00000338. The van der Waals surface area contributed by atoms with Crippen LogP contribution >= 0.6 is 24.0 Å².